The Kier molecular flexibility index (Phi) is 4.39. The van der Waals surface area contributed by atoms with E-state index in [1.807, 2.05) is 0 Å². The molecule has 0 radical (unpaired) electrons. The first-order valence-electron chi connectivity index (χ1n) is 7.68. The predicted octanol–water partition coefficient (Wildman–Crippen LogP) is 3.80. The van der Waals surface area contributed by atoms with Crippen molar-refractivity contribution in [2.45, 2.75) is 55.6 Å². The summed E-state index contributed by atoms with van der Waals surface area (Å²) < 4.78 is 5.94. The van der Waals surface area contributed by atoms with Gasteiger partial charge in [0.05, 0.1) is 11.7 Å². The first kappa shape index (κ1) is 14.4. The fraction of sp³-hybridized carbons (Fsp3) is 0.647. The lowest BCUT2D eigenvalue weighted by molar-refractivity contribution is -0.154. The van der Waals surface area contributed by atoms with Crippen LogP contribution in [0.4, 0.5) is 0 Å². The lowest BCUT2D eigenvalue weighted by Gasteiger charge is -2.48. The lowest BCUT2D eigenvalue weighted by Crippen LogP contribution is -2.48. The van der Waals surface area contributed by atoms with Gasteiger partial charge < -0.3 is 9.84 Å². The Labute approximate surface area is 125 Å². The van der Waals surface area contributed by atoms with E-state index in [9.17, 15) is 5.11 Å². The van der Waals surface area contributed by atoms with Gasteiger partial charge in [0.1, 0.15) is 0 Å². The molecule has 2 fully saturated rings. The molecule has 2 nitrogen and oxygen atoms in total. The molecule has 1 aliphatic carbocycles. The van der Waals surface area contributed by atoms with E-state index in [-0.39, 0.29) is 11.7 Å². The predicted molar refractivity (Wildman–Crippen MR) is 83.2 cm³/mol. The molecule has 1 saturated heterocycles. The van der Waals surface area contributed by atoms with Gasteiger partial charge in [0.15, 0.2) is 0 Å². The highest BCUT2D eigenvalue weighted by atomic mass is 32.2. The molecule has 1 aliphatic heterocycles. The standard InChI is InChI=1S/C17H24O2S/c1-13-4-2-5-15(10-13)20-12-16(18)14-6-9-19-17(11-14)7-3-8-17/h2,4-5,10,14,16,18H,3,6-9,11-12H2,1H3. The van der Waals surface area contributed by atoms with Crippen molar-refractivity contribution in [3.8, 4) is 0 Å². The molecule has 0 bridgehead atoms. The van der Waals surface area contributed by atoms with E-state index < -0.39 is 0 Å². The van der Waals surface area contributed by atoms with E-state index in [2.05, 4.69) is 31.2 Å². The first-order chi connectivity index (χ1) is 9.67. The maximum absolute atomic E-state index is 10.5. The van der Waals surface area contributed by atoms with Crippen molar-refractivity contribution in [1.29, 1.82) is 0 Å². The quantitative estimate of drug-likeness (QED) is 0.856. The minimum Gasteiger partial charge on any atom is -0.392 e. The van der Waals surface area contributed by atoms with Gasteiger partial charge in [-0.05, 0) is 57.1 Å². The summed E-state index contributed by atoms with van der Waals surface area (Å²) in [4.78, 5) is 1.26. The molecular formula is C17H24O2S. The largest absolute Gasteiger partial charge is 0.392 e. The van der Waals surface area contributed by atoms with Crippen LogP contribution in [0, 0.1) is 12.8 Å². The van der Waals surface area contributed by atoms with Crippen molar-refractivity contribution < 1.29 is 9.84 Å². The van der Waals surface area contributed by atoms with E-state index in [1.165, 1.54) is 29.7 Å². The van der Waals surface area contributed by atoms with Crippen LogP contribution in [0.5, 0.6) is 0 Å². The second-order valence-corrected chi connectivity index (χ2v) is 7.43. The van der Waals surface area contributed by atoms with Crippen LogP contribution in [-0.2, 0) is 4.74 Å². The minimum atomic E-state index is -0.207. The number of rotatable bonds is 4. The van der Waals surface area contributed by atoms with E-state index >= 15 is 0 Å². The van der Waals surface area contributed by atoms with Crippen LogP contribution in [0.25, 0.3) is 0 Å². The number of thioether (sulfide) groups is 1. The van der Waals surface area contributed by atoms with Gasteiger partial charge in [-0.3, -0.25) is 0 Å². The first-order valence-corrected chi connectivity index (χ1v) is 8.67. The van der Waals surface area contributed by atoms with Crippen molar-refractivity contribution in [3.63, 3.8) is 0 Å². The van der Waals surface area contributed by atoms with Gasteiger partial charge >= 0.3 is 0 Å². The van der Waals surface area contributed by atoms with Gasteiger partial charge in [0.2, 0.25) is 0 Å². The summed E-state index contributed by atoms with van der Waals surface area (Å²) in [6.45, 7) is 2.94. The SMILES string of the molecule is Cc1cccc(SCC(O)C2CCOC3(CCC3)C2)c1. The van der Waals surface area contributed by atoms with E-state index in [1.54, 1.807) is 11.8 Å². The third-order valence-corrected chi connectivity index (χ3v) is 5.85. The molecule has 0 aromatic heterocycles. The van der Waals surface area contributed by atoms with Crippen LogP contribution < -0.4 is 0 Å². The summed E-state index contributed by atoms with van der Waals surface area (Å²) in [7, 11) is 0. The molecular weight excluding hydrogens is 268 g/mol. The molecule has 1 aromatic rings. The molecule has 1 heterocycles. The Morgan fingerprint density at radius 3 is 3.00 bits per heavy atom. The number of hydrogen-bond donors (Lipinski definition) is 1. The fourth-order valence-corrected chi connectivity index (χ4v) is 4.42. The average Bonchev–Trinajstić information content (AvgIpc) is 2.43. The van der Waals surface area contributed by atoms with E-state index in [0.717, 1.165) is 25.2 Å². The van der Waals surface area contributed by atoms with Crippen LogP contribution in [0.2, 0.25) is 0 Å². The van der Waals surface area contributed by atoms with E-state index in [0.29, 0.717) is 5.92 Å². The normalized spacial score (nSPS) is 26.2. The molecule has 1 saturated carbocycles. The molecule has 3 rings (SSSR count). The zero-order chi connectivity index (χ0) is 14.0. The maximum atomic E-state index is 10.5. The molecule has 2 atom stereocenters. The average molecular weight is 292 g/mol. The second kappa shape index (κ2) is 6.08. The number of aliphatic hydroxyl groups excluding tert-OH is 1. The molecule has 0 amide bonds. The number of aryl methyl sites for hydroxylation is 1. The van der Waals surface area contributed by atoms with Gasteiger partial charge in [-0.2, -0.15) is 0 Å². The topological polar surface area (TPSA) is 29.5 Å². The fourth-order valence-electron chi connectivity index (χ4n) is 3.34. The van der Waals surface area contributed by atoms with Crippen LogP contribution in [0.3, 0.4) is 0 Å². The zero-order valence-corrected chi connectivity index (χ0v) is 13.0. The number of aliphatic hydroxyl groups is 1. The number of ether oxygens (including phenoxy) is 1. The second-order valence-electron chi connectivity index (χ2n) is 6.33. The zero-order valence-electron chi connectivity index (χ0n) is 12.2. The summed E-state index contributed by atoms with van der Waals surface area (Å²) in [6.07, 6.45) is 5.55. The molecule has 1 spiro atoms. The Balaban J connectivity index is 1.52. The minimum absolute atomic E-state index is 0.137. The van der Waals surface area contributed by atoms with Crippen molar-refractivity contribution in [1.82, 2.24) is 0 Å². The molecule has 2 unspecified atom stereocenters. The Bertz CT molecular complexity index is 456. The maximum Gasteiger partial charge on any atom is 0.0686 e. The lowest BCUT2D eigenvalue weighted by atomic mass is 9.71. The van der Waals surface area contributed by atoms with Crippen LogP contribution in [-0.4, -0.2) is 29.2 Å². The summed E-state index contributed by atoms with van der Waals surface area (Å²) in [5.41, 5.74) is 1.42. The van der Waals surface area contributed by atoms with Crippen molar-refractivity contribution in [2.24, 2.45) is 5.92 Å². The molecule has 110 valence electrons. The summed E-state index contributed by atoms with van der Waals surface area (Å²) in [6, 6.07) is 8.51. The summed E-state index contributed by atoms with van der Waals surface area (Å²) >= 11 is 1.77. The van der Waals surface area contributed by atoms with Gasteiger partial charge in [-0.25, -0.2) is 0 Å². The molecule has 1 N–H and O–H groups in total. The third-order valence-electron chi connectivity index (χ3n) is 4.75. The molecule has 1 aromatic carbocycles. The summed E-state index contributed by atoms with van der Waals surface area (Å²) in [5, 5.41) is 10.5. The van der Waals surface area contributed by atoms with Gasteiger partial charge in [0, 0.05) is 17.3 Å². The summed E-state index contributed by atoms with van der Waals surface area (Å²) in [5.74, 6) is 1.21. The number of hydrogen-bond acceptors (Lipinski definition) is 3. The molecule has 20 heavy (non-hydrogen) atoms. The monoisotopic (exact) mass is 292 g/mol. The van der Waals surface area contributed by atoms with Gasteiger partial charge in [0.25, 0.3) is 0 Å². The third kappa shape index (κ3) is 3.21. The van der Waals surface area contributed by atoms with E-state index in [4.69, 9.17) is 4.74 Å². The highest BCUT2D eigenvalue weighted by Crippen LogP contribution is 2.45. The van der Waals surface area contributed by atoms with Crippen LogP contribution in [0.15, 0.2) is 29.2 Å². The molecule has 2 aliphatic rings. The smallest absolute Gasteiger partial charge is 0.0686 e. The number of benzene rings is 1. The Morgan fingerprint density at radius 2 is 2.30 bits per heavy atom. The van der Waals surface area contributed by atoms with Crippen LogP contribution in [0.1, 0.15) is 37.7 Å². The van der Waals surface area contributed by atoms with Crippen LogP contribution >= 0.6 is 11.8 Å². The van der Waals surface area contributed by atoms with Crippen molar-refractivity contribution in [3.05, 3.63) is 29.8 Å². The van der Waals surface area contributed by atoms with Gasteiger partial charge in [-0.15, -0.1) is 11.8 Å². The Morgan fingerprint density at radius 1 is 1.45 bits per heavy atom. The van der Waals surface area contributed by atoms with Crippen molar-refractivity contribution in [2.75, 3.05) is 12.4 Å². The highest BCUT2D eigenvalue weighted by molar-refractivity contribution is 7.99. The molecule has 3 heteroatoms. The van der Waals surface area contributed by atoms with Crippen molar-refractivity contribution >= 4 is 11.8 Å². The van der Waals surface area contributed by atoms with Gasteiger partial charge in [-0.1, -0.05) is 17.7 Å². The Hall–Kier alpha value is -0.510. The highest BCUT2D eigenvalue weighted by Gasteiger charge is 2.43.